The Kier molecular flexibility index (Phi) is 5.66. The normalized spacial score (nSPS) is 11.2. The maximum Gasteiger partial charge on any atom is 0.328 e. The van der Waals surface area contributed by atoms with E-state index >= 15 is 0 Å². The van der Waals surface area contributed by atoms with Crippen molar-refractivity contribution < 1.29 is 9.53 Å². The zero-order valence-corrected chi connectivity index (χ0v) is 14.8. The molecule has 0 unspecified atom stereocenters. The van der Waals surface area contributed by atoms with E-state index in [4.69, 9.17) is 4.74 Å². The molecule has 0 aliphatic heterocycles. The molecule has 0 aliphatic rings. The van der Waals surface area contributed by atoms with Crippen molar-refractivity contribution in [1.29, 1.82) is 0 Å². The molecule has 0 atom stereocenters. The second-order valence-corrected chi connectivity index (χ2v) is 5.92. The molecule has 0 fully saturated rings. The van der Waals surface area contributed by atoms with Crippen LogP contribution in [0.15, 0.2) is 24.4 Å². The van der Waals surface area contributed by atoms with Gasteiger partial charge in [-0.2, -0.15) is 0 Å². The minimum Gasteiger partial charge on any atom is -0.497 e. The number of fused-ring (bicyclic) bond motifs is 1. The molecule has 23 heavy (non-hydrogen) atoms. The molecule has 0 saturated carbocycles. The summed E-state index contributed by atoms with van der Waals surface area (Å²) in [5.74, 6) is 0.767. The van der Waals surface area contributed by atoms with Gasteiger partial charge in [-0.1, -0.05) is 0 Å². The quantitative estimate of drug-likeness (QED) is 0.822. The topological polar surface area (TPSA) is 37.7 Å². The first kappa shape index (κ1) is 17.3. The molecule has 1 aromatic carbocycles. The maximum absolute atomic E-state index is 12.8. The molecule has 1 aromatic heterocycles. The third-order valence-corrected chi connectivity index (χ3v) is 4.16. The van der Waals surface area contributed by atoms with E-state index in [2.05, 4.69) is 19.0 Å². The summed E-state index contributed by atoms with van der Waals surface area (Å²) in [6.07, 6.45) is 2.89. The van der Waals surface area contributed by atoms with Crippen LogP contribution in [0.5, 0.6) is 5.75 Å². The van der Waals surface area contributed by atoms with Gasteiger partial charge in [-0.3, -0.25) is 4.57 Å². The van der Waals surface area contributed by atoms with Gasteiger partial charge in [0.25, 0.3) is 0 Å². The van der Waals surface area contributed by atoms with Gasteiger partial charge < -0.3 is 14.5 Å². The van der Waals surface area contributed by atoms with Gasteiger partial charge in [-0.05, 0) is 52.1 Å². The number of rotatable bonds is 6. The molecule has 0 spiro atoms. The van der Waals surface area contributed by atoms with Gasteiger partial charge in [0.1, 0.15) is 5.75 Å². The molecule has 0 aliphatic carbocycles. The first-order chi connectivity index (χ1) is 11.0. The number of aromatic nitrogens is 1. The van der Waals surface area contributed by atoms with Crippen molar-refractivity contribution in [1.82, 2.24) is 14.4 Å². The average Bonchev–Trinajstić information content (AvgIpc) is 2.91. The summed E-state index contributed by atoms with van der Waals surface area (Å²) < 4.78 is 7.09. The Morgan fingerprint density at radius 2 is 1.91 bits per heavy atom. The lowest BCUT2D eigenvalue weighted by atomic mass is 10.1. The van der Waals surface area contributed by atoms with E-state index in [1.165, 1.54) is 5.56 Å². The number of likely N-dealkylation sites (N-methyl/N-ethyl adjacent to an activating group) is 1. The Bertz CT molecular complexity index is 672. The number of carbonyl (C=O) groups excluding carboxylic acids is 1. The summed E-state index contributed by atoms with van der Waals surface area (Å²) >= 11 is 0. The van der Waals surface area contributed by atoms with Crippen molar-refractivity contribution in [2.45, 2.75) is 20.3 Å². The van der Waals surface area contributed by atoms with Crippen LogP contribution in [0.4, 0.5) is 4.79 Å². The molecule has 0 saturated heterocycles. The fraction of sp³-hybridized carbons (Fsp3) is 0.500. The van der Waals surface area contributed by atoms with Gasteiger partial charge in [0.2, 0.25) is 0 Å². The highest BCUT2D eigenvalue weighted by Gasteiger charge is 2.18. The number of amides is 1. The summed E-state index contributed by atoms with van der Waals surface area (Å²) in [6.45, 7) is 6.35. The van der Waals surface area contributed by atoms with Crippen LogP contribution in [0.3, 0.4) is 0 Å². The molecule has 5 heteroatoms. The Hall–Kier alpha value is -2.01. The minimum absolute atomic E-state index is 0.0179. The van der Waals surface area contributed by atoms with Crippen LogP contribution in [-0.4, -0.2) is 61.2 Å². The smallest absolute Gasteiger partial charge is 0.328 e. The molecular weight excluding hydrogens is 290 g/mol. The van der Waals surface area contributed by atoms with Gasteiger partial charge in [-0.15, -0.1) is 0 Å². The molecule has 2 aromatic rings. The van der Waals surface area contributed by atoms with Gasteiger partial charge in [0.15, 0.2) is 0 Å². The lowest BCUT2D eigenvalue weighted by molar-refractivity contribution is 0.206. The van der Waals surface area contributed by atoms with E-state index < -0.39 is 0 Å². The van der Waals surface area contributed by atoms with Crippen molar-refractivity contribution in [3.8, 4) is 5.75 Å². The van der Waals surface area contributed by atoms with Crippen LogP contribution < -0.4 is 4.74 Å². The monoisotopic (exact) mass is 317 g/mol. The zero-order chi connectivity index (χ0) is 17.0. The van der Waals surface area contributed by atoms with Crippen molar-refractivity contribution >= 4 is 16.9 Å². The molecule has 0 N–H and O–H groups in total. The summed E-state index contributed by atoms with van der Waals surface area (Å²) in [7, 11) is 5.76. The Balaban J connectivity index is 2.51. The Morgan fingerprint density at radius 3 is 2.48 bits per heavy atom. The fourth-order valence-electron chi connectivity index (χ4n) is 2.75. The first-order valence-corrected chi connectivity index (χ1v) is 8.13. The molecule has 0 bridgehead atoms. The number of hydrogen-bond donors (Lipinski definition) is 0. The third-order valence-electron chi connectivity index (χ3n) is 4.16. The highest BCUT2D eigenvalue weighted by atomic mass is 16.5. The molecule has 126 valence electrons. The number of benzene rings is 1. The van der Waals surface area contributed by atoms with Gasteiger partial charge in [0, 0.05) is 37.3 Å². The summed E-state index contributed by atoms with van der Waals surface area (Å²) in [6, 6.07) is 5.96. The van der Waals surface area contributed by atoms with Crippen LogP contribution in [-0.2, 0) is 6.42 Å². The minimum atomic E-state index is 0.0179. The van der Waals surface area contributed by atoms with Crippen LogP contribution in [0.25, 0.3) is 10.9 Å². The van der Waals surface area contributed by atoms with Crippen molar-refractivity contribution in [2.75, 3.05) is 40.8 Å². The lowest BCUT2D eigenvalue weighted by Gasteiger charge is -2.19. The largest absolute Gasteiger partial charge is 0.497 e. The Labute approximate surface area is 138 Å². The van der Waals surface area contributed by atoms with Crippen LogP contribution >= 0.6 is 0 Å². The zero-order valence-electron chi connectivity index (χ0n) is 14.8. The second-order valence-electron chi connectivity index (χ2n) is 5.92. The highest BCUT2D eigenvalue weighted by Crippen LogP contribution is 2.27. The van der Waals surface area contributed by atoms with E-state index in [1.807, 2.05) is 43.1 Å². The van der Waals surface area contributed by atoms with E-state index in [0.29, 0.717) is 13.1 Å². The van der Waals surface area contributed by atoms with E-state index in [0.717, 1.165) is 29.6 Å². The molecule has 0 radical (unpaired) electrons. The molecular formula is C18H27N3O2. The molecule has 5 nitrogen and oxygen atoms in total. The van der Waals surface area contributed by atoms with Crippen molar-refractivity contribution in [3.05, 3.63) is 30.0 Å². The van der Waals surface area contributed by atoms with Gasteiger partial charge >= 0.3 is 6.03 Å². The van der Waals surface area contributed by atoms with Gasteiger partial charge in [-0.25, -0.2) is 4.79 Å². The van der Waals surface area contributed by atoms with Gasteiger partial charge in [0.05, 0.1) is 12.6 Å². The average molecular weight is 317 g/mol. The van der Waals surface area contributed by atoms with E-state index in [1.54, 1.807) is 11.7 Å². The highest BCUT2D eigenvalue weighted by molar-refractivity contribution is 5.94. The second kappa shape index (κ2) is 7.51. The molecule has 1 amide bonds. The number of carbonyl (C=O) groups is 1. The van der Waals surface area contributed by atoms with Crippen molar-refractivity contribution in [2.24, 2.45) is 0 Å². The van der Waals surface area contributed by atoms with Crippen molar-refractivity contribution in [3.63, 3.8) is 0 Å². The number of nitrogens with zero attached hydrogens (tertiary/aromatic N) is 3. The Morgan fingerprint density at radius 1 is 1.22 bits per heavy atom. The summed E-state index contributed by atoms with van der Waals surface area (Å²) in [4.78, 5) is 16.8. The standard InChI is InChI=1S/C18H27N3O2/c1-6-20(7-2)18(22)21-13-14(10-11-19(3)4)16-9-8-15(23-5)12-17(16)21/h8-9,12-13H,6-7,10-11H2,1-5H3. The summed E-state index contributed by atoms with van der Waals surface area (Å²) in [5.41, 5.74) is 2.10. The predicted molar refractivity (Wildman–Crippen MR) is 94.5 cm³/mol. The summed E-state index contributed by atoms with van der Waals surface area (Å²) in [5, 5.41) is 1.12. The van der Waals surface area contributed by atoms with Crippen LogP contribution in [0.2, 0.25) is 0 Å². The molecule has 2 rings (SSSR count). The maximum atomic E-state index is 12.8. The SMILES string of the molecule is CCN(CC)C(=O)n1cc(CCN(C)C)c2ccc(OC)cc21. The van der Waals surface area contributed by atoms with E-state index in [-0.39, 0.29) is 6.03 Å². The lowest BCUT2D eigenvalue weighted by Crippen LogP contribution is -2.33. The molecule has 1 heterocycles. The van der Waals surface area contributed by atoms with Crippen LogP contribution in [0, 0.1) is 0 Å². The predicted octanol–water partition coefficient (Wildman–Crippen LogP) is 3.06. The van der Waals surface area contributed by atoms with Crippen LogP contribution in [0.1, 0.15) is 19.4 Å². The number of methoxy groups -OCH3 is 1. The fourth-order valence-corrected chi connectivity index (χ4v) is 2.75. The van der Waals surface area contributed by atoms with E-state index in [9.17, 15) is 4.79 Å². The number of hydrogen-bond acceptors (Lipinski definition) is 3. The number of ether oxygens (including phenoxy) is 1. The third kappa shape index (κ3) is 3.67. The first-order valence-electron chi connectivity index (χ1n) is 8.13.